The molecule has 1 aromatic heterocycles. The fraction of sp³-hybridized carbons (Fsp3) is 0. The zero-order valence-electron chi connectivity index (χ0n) is 8.72. The monoisotopic (exact) mass is 292 g/mol. The lowest BCUT2D eigenvalue weighted by Crippen LogP contribution is -2.15. The number of anilines is 1. The van der Waals surface area contributed by atoms with Gasteiger partial charge in [-0.05, 0) is 18.2 Å². The molecule has 0 radical (unpaired) electrons. The van der Waals surface area contributed by atoms with Gasteiger partial charge in [0.15, 0.2) is 0 Å². The molecule has 2 aromatic rings. The SMILES string of the molecule is NC(=O)c1cc(-c2ccc(Br)cc2)nc(N)n1. The smallest absolute Gasteiger partial charge is 0.267 e. The molecule has 0 spiro atoms. The number of nitrogens with zero attached hydrogens (tertiary/aromatic N) is 2. The molecule has 0 saturated carbocycles. The van der Waals surface area contributed by atoms with Gasteiger partial charge < -0.3 is 11.5 Å². The van der Waals surface area contributed by atoms with Gasteiger partial charge in [-0.25, -0.2) is 9.97 Å². The van der Waals surface area contributed by atoms with Crippen LogP contribution in [0.15, 0.2) is 34.8 Å². The van der Waals surface area contributed by atoms with E-state index in [1.165, 1.54) is 6.07 Å². The molecular formula is C11H9BrN4O. The van der Waals surface area contributed by atoms with Crippen LogP contribution in [0.2, 0.25) is 0 Å². The van der Waals surface area contributed by atoms with E-state index in [1.807, 2.05) is 24.3 Å². The van der Waals surface area contributed by atoms with E-state index in [1.54, 1.807) is 0 Å². The predicted molar refractivity (Wildman–Crippen MR) is 68.1 cm³/mol. The van der Waals surface area contributed by atoms with Crippen molar-refractivity contribution in [1.82, 2.24) is 9.97 Å². The van der Waals surface area contributed by atoms with Crippen LogP contribution in [-0.4, -0.2) is 15.9 Å². The second-order valence-corrected chi connectivity index (χ2v) is 4.28. The Kier molecular flexibility index (Phi) is 3.06. The van der Waals surface area contributed by atoms with Crippen LogP contribution >= 0.6 is 15.9 Å². The number of benzene rings is 1. The summed E-state index contributed by atoms with van der Waals surface area (Å²) < 4.78 is 0.957. The van der Waals surface area contributed by atoms with Crippen molar-refractivity contribution in [1.29, 1.82) is 0 Å². The van der Waals surface area contributed by atoms with E-state index in [2.05, 4.69) is 25.9 Å². The number of halogens is 1. The van der Waals surface area contributed by atoms with Crippen LogP contribution in [0.1, 0.15) is 10.5 Å². The van der Waals surface area contributed by atoms with E-state index in [4.69, 9.17) is 11.5 Å². The second kappa shape index (κ2) is 4.50. The number of nitrogens with two attached hydrogens (primary N) is 2. The zero-order valence-corrected chi connectivity index (χ0v) is 10.3. The molecule has 1 aromatic carbocycles. The third kappa shape index (κ3) is 2.59. The van der Waals surface area contributed by atoms with Gasteiger partial charge in [0.25, 0.3) is 5.91 Å². The molecule has 1 amide bonds. The van der Waals surface area contributed by atoms with Crippen LogP contribution in [0.4, 0.5) is 5.95 Å². The summed E-state index contributed by atoms with van der Waals surface area (Å²) in [7, 11) is 0. The molecule has 0 bridgehead atoms. The van der Waals surface area contributed by atoms with Crippen LogP contribution in [0.5, 0.6) is 0 Å². The van der Waals surface area contributed by atoms with Gasteiger partial charge in [0, 0.05) is 10.0 Å². The van der Waals surface area contributed by atoms with Crippen LogP contribution in [-0.2, 0) is 0 Å². The number of carbonyl (C=O) groups excluding carboxylic acids is 1. The van der Waals surface area contributed by atoms with Crippen LogP contribution < -0.4 is 11.5 Å². The number of hydrogen-bond acceptors (Lipinski definition) is 4. The van der Waals surface area contributed by atoms with Crippen molar-refractivity contribution in [3.05, 3.63) is 40.5 Å². The highest BCUT2D eigenvalue weighted by molar-refractivity contribution is 9.10. The Morgan fingerprint density at radius 1 is 1.18 bits per heavy atom. The van der Waals surface area contributed by atoms with E-state index >= 15 is 0 Å². The predicted octanol–water partition coefficient (Wildman–Crippen LogP) is 1.59. The summed E-state index contributed by atoms with van der Waals surface area (Å²) in [5.74, 6) is -0.600. The maximum absolute atomic E-state index is 11.1. The maximum Gasteiger partial charge on any atom is 0.267 e. The summed E-state index contributed by atoms with van der Waals surface area (Å²) in [6, 6.07) is 8.98. The average Bonchev–Trinajstić information content (AvgIpc) is 2.29. The highest BCUT2D eigenvalue weighted by Gasteiger charge is 2.08. The fourth-order valence-electron chi connectivity index (χ4n) is 1.36. The summed E-state index contributed by atoms with van der Waals surface area (Å²) in [5.41, 5.74) is 12.2. The summed E-state index contributed by atoms with van der Waals surface area (Å²) in [6.07, 6.45) is 0. The summed E-state index contributed by atoms with van der Waals surface area (Å²) in [4.78, 5) is 18.9. The molecule has 0 aliphatic carbocycles. The number of rotatable bonds is 2. The van der Waals surface area contributed by atoms with Gasteiger partial charge in [0.2, 0.25) is 5.95 Å². The average molecular weight is 293 g/mol. The molecule has 17 heavy (non-hydrogen) atoms. The normalized spacial score (nSPS) is 10.2. The highest BCUT2D eigenvalue weighted by Crippen LogP contribution is 2.21. The third-order valence-electron chi connectivity index (χ3n) is 2.14. The van der Waals surface area contributed by atoms with Crippen molar-refractivity contribution in [2.45, 2.75) is 0 Å². The molecule has 1 heterocycles. The Hall–Kier alpha value is -1.95. The van der Waals surface area contributed by atoms with Crippen LogP contribution in [0.3, 0.4) is 0 Å². The molecule has 0 aliphatic heterocycles. The minimum atomic E-state index is -0.627. The molecular weight excluding hydrogens is 284 g/mol. The molecule has 6 heteroatoms. The van der Waals surface area contributed by atoms with E-state index in [0.29, 0.717) is 5.69 Å². The van der Waals surface area contributed by atoms with Gasteiger partial charge in [0.1, 0.15) is 5.69 Å². The molecule has 2 rings (SSSR count). The number of carbonyl (C=O) groups is 1. The standard InChI is InChI=1S/C11H9BrN4O/c12-7-3-1-6(2-4-7)8-5-9(10(13)17)16-11(14)15-8/h1-5H,(H2,13,17)(H2,14,15,16). The third-order valence-corrected chi connectivity index (χ3v) is 2.66. The first-order valence-electron chi connectivity index (χ1n) is 4.76. The number of amides is 1. The van der Waals surface area contributed by atoms with E-state index in [0.717, 1.165) is 10.0 Å². The van der Waals surface area contributed by atoms with Gasteiger partial charge in [0.05, 0.1) is 5.69 Å². The molecule has 4 N–H and O–H groups in total. The molecule has 0 aliphatic rings. The van der Waals surface area contributed by atoms with Crippen molar-refractivity contribution in [3.63, 3.8) is 0 Å². The summed E-state index contributed by atoms with van der Waals surface area (Å²) in [5, 5.41) is 0. The number of primary amides is 1. The largest absolute Gasteiger partial charge is 0.368 e. The molecule has 0 fully saturated rings. The van der Waals surface area contributed by atoms with Gasteiger partial charge in [-0.2, -0.15) is 0 Å². The van der Waals surface area contributed by atoms with Crippen molar-refractivity contribution in [3.8, 4) is 11.3 Å². The van der Waals surface area contributed by atoms with Crippen molar-refractivity contribution in [2.24, 2.45) is 5.73 Å². The first-order valence-corrected chi connectivity index (χ1v) is 5.56. The highest BCUT2D eigenvalue weighted by atomic mass is 79.9. The summed E-state index contributed by atoms with van der Waals surface area (Å²) in [6.45, 7) is 0. The molecule has 0 atom stereocenters. The Morgan fingerprint density at radius 2 is 1.82 bits per heavy atom. The van der Waals surface area contributed by atoms with Gasteiger partial charge >= 0.3 is 0 Å². The zero-order chi connectivity index (χ0) is 12.4. The van der Waals surface area contributed by atoms with Crippen molar-refractivity contribution < 1.29 is 4.79 Å². The van der Waals surface area contributed by atoms with Crippen LogP contribution in [0.25, 0.3) is 11.3 Å². The van der Waals surface area contributed by atoms with Crippen LogP contribution in [0, 0.1) is 0 Å². The topological polar surface area (TPSA) is 94.9 Å². The first-order chi connectivity index (χ1) is 8.06. The van der Waals surface area contributed by atoms with E-state index in [9.17, 15) is 4.79 Å². The fourth-order valence-corrected chi connectivity index (χ4v) is 1.62. The Balaban J connectivity index is 2.51. The van der Waals surface area contributed by atoms with Gasteiger partial charge in [-0.3, -0.25) is 4.79 Å². The number of nitrogen functional groups attached to an aromatic ring is 1. The lowest BCUT2D eigenvalue weighted by atomic mass is 10.1. The van der Waals surface area contributed by atoms with Gasteiger partial charge in [-0.1, -0.05) is 28.1 Å². The maximum atomic E-state index is 11.1. The lowest BCUT2D eigenvalue weighted by molar-refractivity contribution is 0.0995. The first kappa shape index (κ1) is 11.5. The van der Waals surface area contributed by atoms with Crippen molar-refractivity contribution >= 4 is 27.8 Å². The minimum Gasteiger partial charge on any atom is -0.368 e. The Labute approximate surface area is 106 Å². The van der Waals surface area contributed by atoms with E-state index < -0.39 is 5.91 Å². The molecule has 0 unspecified atom stereocenters. The molecule has 86 valence electrons. The second-order valence-electron chi connectivity index (χ2n) is 3.37. The quantitative estimate of drug-likeness (QED) is 0.879. The molecule has 5 nitrogen and oxygen atoms in total. The Morgan fingerprint density at radius 3 is 2.41 bits per heavy atom. The van der Waals surface area contributed by atoms with Gasteiger partial charge in [-0.15, -0.1) is 0 Å². The molecule has 0 saturated heterocycles. The number of aromatic nitrogens is 2. The number of hydrogen-bond donors (Lipinski definition) is 2. The Bertz CT molecular complexity index is 568. The minimum absolute atomic E-state index is 0.0271. The lowest BCUT2D eigenvalue weighted by Gasteiger charge is -2.04. The van der Waals surface area contributed by atoms with Crippen molar-refractivity contribution in [2.75, 3.05) is 5.73 Å². The van der Waals surface area contributed by atoms with E-state index in [-0.39, 0.29) is 11.6 Å². The summed E-state index contributed by atoms with van der Waals surface area (Å²) >= 11 is 3.34.